The van der Waals surface area contributed by atoms with Gasteiger partial charge in [0.2, 0.25) is 0 Å². The summed E-state index contributed by atoms with van der Waals surface area (Å²) in [7, 11) is 0. The molecule has 2 rings (SSSR count). The zero-order valence-electron chi connectivity index (χ0n) is 13.5. The fraction of sp³-hybridized carbons (Fsp3) is 0.400. The van der Waals surface area contributed by atoms with Crippen LogP contribution < -0.4 is 0 Å². The van der Waals surface area contributed by atoms with Gasteiger partial charge >= 0.3 is 0 Å². The molecule has 124 valence electrons. The molecule has 1 aromatic carbocycles. The first-order chi connectivity index (χ1) is 11.0. The minimum atomic E-state index is -1.20. The summed E-state index contributed by atoms with van der Waals surface area (Å²) in [6.07, 6.45) is 6.98. The Morgan fingerprint density at radius 2 is 1.70 bits per heavy atom. The monoisotopic (exact) mass is 320 g/mol. The Morgan fingerprint density at radius 1 is 1.09 bits per heavy atom. The Kier molecular flexibility index (Phi) is 6.26. The van der Waals surface area contributed by atoms with Gasteiger partial charge in [0.05, 0.1) is 0 Å². The molecule has 0 atom stereocenters. The summed E-state index contributed by atoms with van der Waals surface area (Å²) in [6, 6.07) is 7.69. The van der Waals surface area contributed by atoms with Crippen LogP contribution in [0.25, 0.3) is 5.57 Å². The van der Waals surface area contributed by atoms with Gasteiger partial charge in [0, 0.05) is 0 Å². The van der Waals surface area contributed by atoms with Gasteiger partial charge in [-0.2, -0.15) is 0 Å². The summed E-state index contributed by atoms with van der Waals surface area (Å²) in [5.41, 5.74) is 2.20. The predicted molar refractivity (Wildman–Crippen MR) is 90.2 cm³/mol. The highest BCUT2D eigenvalue weighted by Gasteiger charge is 2.19. The van der Waals surface area contributed by atoms with Crippen molar-refractivity contribution in [3.63, 3.8) is 0 Å². The van der Waals surface area contributed by atoms with E-state index in [4.69, 9.17) is 0 Å². The summed E-state index contributed by atoms with van der Waals surface area (Å²) < 4.78 is 38.7. The van der Waals surface area contributed by atoms with E-state index in [-0.39, 0.29) is 5.57 Å². The van der Waals surface area contributed by atoms with Crippen LogP contribution in [0.3, 0.4) is 0 Å². The molecule has 23 heavy (non-hydrogen) atoms. The molecule has 1 saturated carbocycles. The Labute approximate surface area is 136 Å². The molecule has 1 fully saturated rings. The van der Waals surface area contributed by atoms with Crippen LogP contribution in [0, 0.1) is 5.92 Å². The fourth-order valence-electron chi connectivity index (χ4n) is 3.13. The molecule has 0 bridgehead atoms. The molecule has 1 aliphatic carbocycles. The molecule has 0 nitrogen and oxygen atoms in total. The Bertz CT molecular complexity index is 588. The van der Waals surface area contributed by atoms with Crippen molar-refractivity contribution in [1.82, 2.24) is 0 Å². The third-order valence-corrected chi connectivity index (χ3v) is 4.48. The van der Waals surface area contributed by atoms with Crippen LogP contribution in [0.2, 0.25) is 0 Å². The lowest BCUT2D eigenvalue weighted by Crippen LogP contribution is -2.10. The van der Waals surface area contributed by atoms with Crippen LogP contribution in [0.5, 0.6) is 0 Å². The van der Waals surface area contributed by atoms with Gasteiger partial charge in [0.25, 0.3) is 0 Å². The average molecular weight is 320 g/mol. The van der Waals surface area contributed by atoms with Crippen LogP contribution in [-0.4, -0.2) is 6.67 Å². The van der Waals surface area contributed by atoms with E-state index in [1.54, 1.807) is 0 Å². The van der Waals surface area contributed by atoms with Gasteiger partial charge in [-0.15, -0.1) is 0 Å². The fourth-order valence-corrected chi connectivity index (χ4v) is 3.13. The van der Waals surface area contributed by atoms with Gasteiger partial charge in [0.15, 0.2) is 0 Å². The number of halogens is 3. The topological polar surface area (TPSA) is 0 Å². The van der Waals surface area contributed by atoms with Gasteiger partial charge in [-0.25, -0.2) is 13.2 Å². The first-order valence-electron chi connectivity index (χ1n) is 8.08. The molecule has 1 aromatic rings. The van der Waals surface area contributed by atoms with Crippen LogP contribution >= 0.6 is 0 Å². The van der Waals surface area contributed by atoms with E-state index < -0.39 is 18.3 Å². The number of allylic oxidation sites excluding steroid dienone is 5. The van der Waals surface area contributed by atoms with Crippen molar-refractivity contribution in [3.05, 3.63) is 65.8 Å². The Morgan fingerprint density at radius 3 is 2.22 bits per heavy atom. The number of alkyl halides is 1. The van der Waals surface area contributed by atoms with Crippen molar-refractivity contribution in [2.45, 2.75) is 38.5 Å². The maximum atomic E-state index is 13.2. The lowest BCUT2D eigenvalue weighted by atomic mass is 9.79. The SMILES string of the molecule is C=C(F)/C=C(\C=C(\F)CF)c1ccc(C2CCC(C)CC2)cc1. The minimum absolute atomic E-state index is 0.288. The molecule has 0 unspecified atom stereocenters. The molecule has 0 spiro atoms. The summed E-state index contributed by atoms with van der Waals surface area (Å²) in [5, 5.41) is 0. The molecular weight excluding hydrogens is 297 g/mol. The summed E-state index contributed by atoms with van der Waals surface area (Å²) in [5.74, 6) is -0.262. The van der Waals surface area contributed by atoms with Crippen molar-refractivity contribution >= 4 is 5.57 Å². The molecule has 0 amide bonds. The maximum absolute atomic E-state index is 13.2. The molecule has 0 aliphatic heterocycles. The molecule has 0 heterocycles. The van der Waals surface area contributed by atoms with Crippen molar-refractivity contribution in [1.29, 1.82) is 0 Å². The normalized spacial score (nSPS) is 23.0. The van der Waals surface area contributed by atoms with Crippen LogP contribution in [0.15, 0.2) is 54.7 Å². The first kappa shape index (κ1) is 17.6. The standard InChI is InChI=1S/C20H23F3/c1-14-3-5-16(6-4-14)17-7-9-18(10-8-17)19(11-15(2)22)12-20(23)13-21/h7-12,14,16H,2-6,13H2,1H3/b19-11+,20-12+. The highest BCUT2D eigenvalue weighted by Crippen LogP contribution is 2.36. The van der Waals surface area contributed by atoms with E-state index in [9.17, 15) is 13.2 Å². The predicted octanol–water partition coefficient (Wildman–Crippen LogP) is 6.67. The molecule has 1 aliphatic rings. The minimum Gasteiger partial charge on any atom is -0.243 e. The van der Waals surface area contributed by atoms with Gasteiger partial charge in [-0.05, 0) is 53.5 Å². The average Bonchev–Trinajstić information content (AvgIpc) is 2.54. The van der Waals surface area contributed by atoms with E-state index in [1.165, 1.54) is 31.2 Å². The Hall–Kier alpha value is -1.77. The third-order valence-electron chi connectivity index (χ3n) is 4.48. The summed E-state index contributed by atoms with van der Waals surface area (Å²) in [6.45, 7) is 4.25. The highest BCUT2D eigenvalue weighted by atomic mass is 19.2. The van der Waals surface area contributed by atoms with Crippen molar-refractivity contribution in [2.24, 2.45) is 5.92 Å². The maximum Gasteiger partial charge on any atom is 0.141 e. The van der Waals surface area contributed by atoms with Gasteiger partial charge in [-0.1, -0.05) is 50.6 Å². The smallest absolute Gasteiger partial charge is 0.141 e. The second-order valence-corrected chi connectivity index (χ2v) is 6.35. The number of benzene rings is 1. The van der Waals surface area contributed by atoms with E-state index in [0.29, 0.717) is 11.5 Å². The molecule has 3 heteroatoms. The van der Waals surface area contributed by atoms with Crippen molar-refractivity contribution < 1.29 is 13.2 Å². The molecule has 0 saturated heterocycles. The molecule has 0 N–H and O–H groups in total. The summed E-state index contributed by atoms with van der Waals surface area (Å²) in [4.78, 5) is 0. The van der Waals surface area contributed by atoms with Gasteiger partial charge in [0.1, 0.15) is 18.3 Å². The largest absolute Gasteiger partial charge is 0.243 e. The van der Waals surface area contributed by atoms with E-state index in [2.05, 4.69) is 13.5 Å². The van der Waals surface area contributed by atoms with Gasteiger partial charge in [-0.3, -0.25) is 0 Å². The van der Waals surface area contributed by atoms with E-state index in [0.717, 1.165) is 18.1 Å². The lowest BCUT2D eigenvalue weighted by Gasteiger charge is -2.26. The molecule has 0 aromatic heterocycles. The van der Waals surface area contributed by atoms with E-state index in [1.807, 2.05) is 24.3 Å². The quantitative estimate of drug-likeness (QED) is 0.531. The molecular formula is C20H23F3. The second-order valence-electron chi connectivity index (χ2n) is 6.35. The number of hydrogen-bond acceptors (Lipinski definition) is 0. The molecule has 0 radical (unpaired) electrons. The number of hydrogen-bond donors (Lipinski definition) is 0. The zero-order valence-corrected chi connectivity index (χ0v) is 13.5. The van der Waals surface area contributed by atoms with Crippen molar-refractivity contribution in [2.75, 3.05) is 6.67 Å². The van der Waals surface area contributed by atoms with Crippen LogP contribution in [0.1, 0.15) is 49.7 Å². The van der Waals surface area contributed by atoms with Gasteiger partial charge < -0.3 is 0 Å². The highest BCUT2D eigenvalue weighted by molar-refractivity contribution is 5.76. The number of rotatable bonds is 5. The summed E-state index contributed by atoms with van der Waals surface area (Å²) >= 11 is 0. The first-order valence-corrected chi connectivity index (χ1v) is 8.08. The van der Waals surface area contributed by atoms with E-state index >= 15 is 0 Å². The van der Waals surface area contributed by atoms with Crippen molar-refractivity contribution in [3.8, 4) is 0 Å². The third kappa shape index (κ3) is 5.12. The van der Waals surface area contributed by atoms with Crippen LogP contribution in [0.4, 0.5) is 13.2 Å². The second kappa shape index (κ2) is 8.19. The van der Waals surface area contributed by atoms with Crippen LogP contribution in [-0.2, 0) is 0 Å². The Balaban J connectivity index is 2.20. The zero-order chi connectivity index (χ0) is 16.8. The lowest BCUT2D eigenvalue weighted by molar-refractivity contribution is 0.348.